The van der Waals surface area contributed by atoms with Gasteiger partial charge in [-0.3, -0.25) is 14.4 Å². The summed E-state index contributed by atoms with van der Waals surface area (Å²) >= 11 is 0. The average molecular weight is 439 g/mol. The van der Waals surface area contributed by atoms with Crippen molar-refractivity contribution >= 4 is 17.8 Å². The van der Waals surface area contributed by atoms with Crippen LogP contribution in [0.2, 0.25) is 0 Å². The van der Waals surface area contributed by atoms with Gasteiger partial charge in [0, 0.05) is 19.7 Å². The van der Waals surface area contributed by atoms with Crippen LogP contribution in [0, 0.1) is 11.8 Å². The molecule has 2 amide bonds. The maximum absolute atomic E-state index is 13.6. The second-order valence-electron chi connectivity index (χ2n) is 9.05. The van der Waals surface area contributed by atoms with E-state index in [1.165, 1.54) is 0 Å². The SMILES string of the molecule is CCCCCNC(=O)C1N(CCCCO)C(=O)[C@@H]2[C@@H](C(=O)OCC)[C@@]3(CC)CCC12O3. The molecule has 3 aliphatic heterocycles. The number of hydrogen-bond donors (Lipinski definition) is 2. The van der Waals surface area contributed by atoms with Crippen LogP contribution in [-0.2, 0) is 23.9 Å². The minimum Gasteiger partial charge on any atom is -0.466 e. The van der Waals surface area contributed by atoms with Crippen molar-refractivity contribution in [2.75, 3.05) is 26.3 Å². The number of aliphatic hydroxyl groups is 1. The summed E-state index contributed by atoms with van der Waals surface area (Å²) in [5, 5.41) is 12.2. The first-order valence-electron chi connectivity index (χ1n) is 12.0. The molecular weight excluding hydrogens is 400 g/mol. The molecule has 8 nitrogen and oxygen atoms in total. The quantitative estimate of drug-likeness (QED) is 0.355. The Bertz CT molecular complexity index is 685. The zero-order valence-corrected chi connectivity index (χ0v) is 19.2. The van der Waals surface area contributed by atoms with E-state index in [9.17, 15) is 19.5 Å². The standard InChI is InChI=1S/C23H38N2O6/c1-4-7-8-13-24-19(27)18-23-12-11-22(5-2,31-23)17(21(29)30-6-3)16(23)20(28)25(18)14-9-10-15-26/h16-18,26H,4-15H2,1-3H3,(H,24,27)/t16-,17-,18?,22+,23?/m0/s1. The van der Waals surface area contributed by atoms with Gasteiger partial charge in [-0.2, -0.15) is 0 Å². The average Bonchev–Trinajstić information content (AvgIpc) is 3.35. The molecule has 3 saturated heterocycles. The first kappa shape index (κ1) is 24.0. The number of rotatable bonds is 12. The number of unbranched alkanes of at least 4 members (excludes halogenated alkanes) is 3. The molecule has 2 N–H and O–H groups in total. The summed E-state index contributed by atoms with van der Waals surface area (Å²) in [6.45, 7) is 7.02. The molecule has 8 heteroatoms. The zero-order valence-electron chi connectivity index (χ0n) is 19.2. The molecule has 3 heterocycles. The zero-order chi connectivity index (χ0) is 22.6. The number of ether oxygens (including phenoxy) is 2. The fourth-order valence-electron chi connectivity index (χ4n) is 5.93. The normalized spacial score (nSPS) is 33.6. The van der Waals surface area contributed by atoms with E-state index in [1.807, 2.05) is 6.92 Å². The van der Waals surface area contributed by atoms with Crippen LogP contribution in [0.5, 0.6) is 0 Å². The fraction of sp³-hybridized carbons (Fsp3) is 0.870. The number of likely N-dealkylation sites (tertiary alicyclic amines) is 1. The van der Waals surface area contributed by atoms with Crippen molar-refractivity contribution in [2.24, 2.45) is 11.8 Å². The van der Waals surface area contributed by atoms with Gasteiger partial charge >= 0.3 is 5.97 Å². The second-order valence-corrected chi connectivity index (χ2v) is 9.05. The number of aliphatic hydroxyl groups excluding tert-OH is 1. The van der Waals surface area contributed by atoms with Gasteiger partial charge in [-0.05, 0) is 45.4 Å². The lowest BCUT2D eigenvalue weighted by Gasteiger charge is -2.33. The molecule has 3 rings (SSSR count). The topological polar surface area (TPSA) is 105 Å². The number of hydrogen-bond acceptors (Lipinski definition) is 6. The summed E-state index contributed by atoms with van der Waals surface area (Å²) in [5.41, 5.74) is -1.73. The summed E-state index contributed by atoms with van der Waals surface area (Å²) in [6.07, 6.45) is 5.92. The number of fused-ring (bicyclic) bond motifs is 1. The van der Waals surface area contributed by atoms with Gasteiger partial charge in [0.05, 0.1) is 18.1 Å². The number of carbonyl (C=O) groups excluding carboxylic acids is 3. The van der Waals surface area contributed by atoms with Crippen molar-refractivity contribution in [1.29, 1.82) is 0 Å². The van der Waals surface area contributed by atoms with Crippen LogP contribution in [0.25, 0.3) is 0 Å². The van der Waals surface area contributed by atoms with Crippen molar-refractivity contribution in [3.05, 3.63) is 0 Å². The molecule has 3 aliphatic rings. The molecule has 2 unspecified atom stereocenters. The number of esters is 1. The van der Waals surface area contributed by atoms with Crippen LogP contribution in [0.3, 0.4) is 0 Å². The largest absolute Gasteiger partial charge is 0.466 e. The van der Waals surface area contributed by atoms with Gasteiger partial charge in [-0.25, -0.2) is 0 Å². The highest BCUT2D eigenvalue weighted by molar-refractivity contribution is 5.98. The second kappa shape index (κ2) is 9.86. The van der Waals surface area contributed by atoms with E-state index in [-0.39, 0.29) is 25.0 Å². The van der Waals surface area contributed by atoms with E-state index in [0.29, 0.717) is 45.2 Å². The van der Waals surface area contributed by atoms with E-state index < -0.39 is 35.0 Å². The third-order valence-electron chi connectivity index (χ3n) is 7.36. The molecule has 3 fully saturated rings. The van der Waals surface area contributed by atoms with Crippen LogP contribution in [0.4, 0.5) is 0 Å². The Labute approximate surface area is 185 Å². The molecular formula is C23H38N2O6. The molecule has 0 radical (unpaired) electrons. The van der Waals surface area contributed by atoms with Gasteiger partial charge in [-0.15, -0.1) is 0 Å². The lowest BCUT2D eigenvalue weighted by atomic mass is 9.65. The van der Waals surface area contributed by atoms with Crippen molar-refractivity contribution in [2.45, 2.75) is 89.4 Å². The molecule has 176 valence electrons. The molecule has 0 aromatic rings. The Hall–Kier alpha value is -1.67. The minimum atomic E-state index is -0.988. The molecule has 0 aromatic carbocycles. The van der Waals surface area contributed by atoms with E-state index in [1.54, 1.807) is 11.8 Å². The van der Waals surface area contributed by atoms with Crippen molar-refractivity contribution in [1.82, 2.24) is 10.2 Å². The summed E-state index contributed by atoms with van der Waals surface area (Å²) in [6, 6.07) is -0.752. The number of carbonyl (C=O) groups is 3. The predicted molar refractivity (Wildman–Crippen MR) is 114 cm³/mol. The highest BCUT2D eigenvalue weighted by Crippen LogP contribution is 2.64. The monoisotopic (exact) mass is 438 g/mol. The Morgan fingerprint density at radius 1 is 1.19 bits per heavy atom. The van der Waals surface area contributed by atoms with Crippen LogP contribution in [-0.4, -0.2) is 71.3 Å². The maximum atomic E-state index is 13.6. The first-order chi connectivity index (χ1) is 14.9. The van der Waals surface area contributed by atoms with Crippen molar-refractivity contribution in [3.8, 4) is 0 Å². The maximum Gasteiger partial charge on any atom is 0.312 e. The van der Waals surface area contributed by atoms with Crippen molar-refractivity contribution in [3.63, 3.8) is 0 Å². The number of nitrogens with zero attached hydrogens (tertiary/aromatic N) is 1. The smallest absolute Gasteiger partial charge is 0.312 e. The van der Waals surface area contributed by atoms with Crippen LogP contribution >= 0.6 is 0 Å². The molecule has 0 saturated carbocycles. The van der Waals surface area contributed by atoms with Gasteiger partial charge in [0.15, 0.2) is 0 Å². The Balaban J connectivity index is 1.93. The third kappa shape index (κ3) is 3.97. The summed E-state index contributed by atoms with van der Waals surface area (Å²) in [7, 11) is 0. The van der Waals surface area contributed by atoms with Gasteiger partial charge in [0.1, 0.15) is 17.6 Å². The molecule has 1 spiro atoms. The molecule has 2 bridgehead atoms. The summed E-state index contributed by atoms with van der Waals surface area (Å²) in [5.74, 6) is -2.17. The number of nitrogens with one attached hydrogen (secondary N) is 1. The Morgan fingerprint density at radius 3 is 2.61 bits per heavy atom. The van der Waals surface area contributed by atoms with E-state index in [0.717, 1.165) is 19.3 Å². The molecule has 31 heavy (non-hydrogen) atoms. The van der Waals surface area contributed by atoms with Gasteiger partial charge in [0.25, 0.3) is 0 Å². The highest BCUT2D eigenvalue weighted by Gasteiger charge is 2.78. The molecule has 5 atom stereocenters. The lowest BCUT2D eigenvalue weighted by molar-refractivity contribution is -0.160. The fourth-order valence-corrected chi connectivity index (χ4v) is 5.93. The molecule has 0 aliphatic carbocycles. The third-order valence-corrected chi connectivity index (χ3v) is 7.36. The van der Waals surface area contributed by atoms with Gasteiger partial charge in [0.2, 0.25) is 11.8 Å². The van der Waals surface area contributed by atoms with E-state index in [4.69, 9.17) is 9.47 Å². The summed E-state index contributed by atoms with van der Waals surface area (Å²) in [4.78, 5) is 41.6. The minimum absolute atomic E-state index is 0.0331. The Morgan fingerprint density at radius 2 is 1.97 bits per heavy atom. The van der Waals surface area contributed by atoms with E-state index >= 15 is 0 Å². The van der Waals surface area contributed by atoms with Gasteiger partial charge in [-0.1, -0.05) is 26.7 Å². The summed E-state index contributed by atoms with van der Waals surface area (Å²) < 4.78 is 12.0. The highest BCUT2D eigenvalue weighted by atomic mass is 16.6. The van der Waals surface area contributed by atoms with Gasteiger partial charge < -0.3 is 24.8 Å². The van der Waals surface area contributed by atoms with Crippen LogP contribution < -0.4 is 5.32 Å². The van der Waals surface area contributed by atoms with Crippen molar-refractivity contribution < 1.29 is 29.0 Å². The van der Waals surface area contributed by atoms with E-state index in [2.05, 4.69) is 12.2 Å². The Kier molecular flexibility index (Phi) is 7.63. The lowest BCUT2D eigenvalue weighted by Crippen LogP contribution is -2.55. The predicted octanol–water partition coefficient (Wildman–Crippen LogP) is 1.78. The molecule has 0 aromatic heterocycles. The van der Waals surface area contributed by atoms with Crippen LogP contribution in [0.15, 0.2) is 0 Å². The van der Waals surface area contributed by atoms with Crippen LogP contribution in [0.1, 0.15) is 72.1 Å². The first-order valence-corrected chi connectivity index (χ1v) is 12.0. The number of amides is 2.